The predicted octanol–water partition coefficient (Wildman–Crippen LogP) is 3.42. The number of Topliss-reactive ketones (excluding diaryl/α,β-unsaturated/α-hetero) is 1. The van der Waals surface area contributed by atoms with E-state index in [1.807, 2.05) is 0 Å². The van der Waals surface area contributed by atoms with E-state index in [-0.39, 0.29) is 11.5 Å². The van der Waals surface area contributed by atoms with Crippen LogP contribution in [0.15, 0.2) is 18.2 Å². The van der Waals surface area contributed by atoms with E-state index in [1.54, 1.807) is 12.1 Å². The molecule has 0 amide bonds. The summed E-state index contributed by atoms with van der Waals surface area (Å²) in [5, 5.41) is 11.3. The maximum absolute atomic E-state index is 11.4. The number of hydrogen-bond donors (Lipinski definition) is 0. The number of nitro benzene ring substituents is 1. The van der Waals surface area contributed by atoms with Crippen LogP contribution < -0.4 is 4.90 Å². The minimum absolute atomic E-state index is 0.0326. The molecule has 0 atom stereocenters. The lowest BCUT2D eigenvalue weighted by Gasteiger charge is -2.26. The number of rotatable bonds is 6. The third kappa shape index (κ3) is 3.15. The van der Waals surface area contributed by atoms with Crippen molar-refractivity contribution in [2.24, 2.45) is 5.92 Å². The van der Waals surface area contributed by atoms with Crippen LogP contribution in [-0.2, 0) is 0 Å². The highest BCUT2D eigenvalue weighted by Crippen LogP contribution is 2.37. The van der Waals surface area contributed by atoms with Gasteiger partial charge in [-0.25, -0.2) is 0 Å². The molecule has 1 aliphatic rings. The first kappa shape index (κ1) is 14.5. The van der Waals surface area contributed by atoms with Crippen molar-refractivity contribution in [3.63, 3.8) is 0 Å². The quantitative estimate of drug-likeness (QED) is 0.453. The highest BCUT2D eigenvalue weighted by molar-refractivity contribution is 5.95. The molecular weight excluding hydrogens is 256 g/mol. The molecule has 2 rings (SSSR count). The molecule has 1 aliphatic carbocycles. The molecule has 108 valence electrons. The Kier molecular flexibility index (Phi) is 4.06. The average molecular weight is 276 g/mol. The minimum Gasteiger partial charge on any atom is -0.363 e. The fraction of sp³-hybridized carbons (Fsp3) is 0.533. The summed E-state index contributed by atoms with van der Waals surface area (Å²) in [7, 11) is 0. The monoisotopic (exact) mass is 276 g/mol. The molecule has 0 unspecified atom stereocenters. The summed E-state index contributed by atoms with van der Waals surface area (Å²) in [5.74, 6) is 0.282. The van der Waals surface area contributed by atoms with Gasteiger partial charge in [-0.15, -0.1) is 0 Å². The van der Waals surface area contributed by atoms with E-state index in [1.165, 1.54) is 13.0 Å². The summed E-state index contributed by atoms with van der Waals surface area (Å²) in [6.07, 6.45) is 2.16. The van der Waals surface area contributed by atoms with Crippen LogP contribution in [0.5, 0.6) is 0 Å². The second-order valence-electron chi connectivity index (χ2n) is 5.79. The summed E-state index contributed by atoms with van der Waals surface area (Å²) >= 11 is 0. The number of carbonyl (C=O) groups is 1. The third-order valence-electron chi connectivity index (χ3n) is 3.44. The van der Waals surface area contributed by atoms with Crippen molar-refractivity contribution >= 4 is 17.2 Å². The van der Waals surface area contributed by atoms with Crippen LogP contribution in [0.1, 0.15) is 44.0 Å². The Hall–Kier alpha value is -1.91. The number of benzene rings is 1. The zero-order chi connectivity index (χ0) is 14.9. The van der Waals surface area contributed by atoms with Gasteiger partial charge in [-0.2, -0.15) is 0 Å². The molecule has 5 nitrogen and oxygen atoms in total. The maximum atomic E-state index is 11.4. The Balaban J connectivity index is 2.42. The van der Waals surface area contributed by atoms with Gasteiger partial charge in [0, 0.05) is 24.2 Å². The van der Waals surface area contributed by atoms with Crippen molar-refractivity contribution in [2.75, 3.05) is 11.4 Å². The summed E-state index contributed by atoms with van der Waals surface area (Å²) in [5.41, 5.74) is 1.06. The van der Waals surface area contributed by atoms with Gasteiger partial charge in [-0.3, -0.25) is 14.9 Å². The van der Waals surface area contributed by atoms with E-state index in [0.717, 1.165) is 19.4 Å². The van der Waals surface area contributed by atoms with Gasteiger partial charge in [0.15, 0.2) is 5.78 Å². The average Bonchev–Trinajstić information content (AvgIpc) is 3.19. The SMILES string of the molecule is CC(=O)c1ccc(N(CC(C)C)C2CC2)c([N+](=O)[O-])c1. The Morgan fingerprint density at radius 3 is 2.55 bits per heavy atom. The molecule has 0 aliphatic heterocycles. The molecule has 1 aromatic rings. The van der Waals surface area contributed by atoms with Gasteiger partial charge >= 0.3 is 0 Å². The predicted molar refractivity (Wildman–Crippen MR) is 78.3 cm³/mol. The van der Waals surface area contributed by atoms with Crippen molar-refractivity contribution in [3.05, 3.63) is 33.9 Å². The van der Waals surface area contributed by atoms with E-state index >= 15 is 0 Å². The number of anilines is 1. The zero-order valence-corrected chi connectivity index (χ0v) is 12.1. The summed E-state index contributed by atoms with van der Waals surface area (Å²) < 4.78 is 0. The van der Waals surface area contributed by atoms with Gasteiger partial charge < -0.3 is 4.90 Å². The standard InChI is InChI=1S/C15H20N2O3/c1-10(2)9-16(13-5-6-13)14-7-4-12(11(3)18)8-15(14)17(19)20/h4,7-8,10,13H,5-6,9H2,1-3H3. The Labute approximate surface area is 118 Å². The second kappa shape index (κ2) is 5.61. The topological polar surface area (TPSA) is 63.5 Å². The normalized spacial score (nSPS) is 14.4. The van der Waals surface area contributed by atoms with Crippen LogP contribution in [0.25, 0.3) is 0 Å². The van der Waals surface area contributed by atoms with Crippen molar-refractivity contribution in [2.45, 2.75) is 39.7 Å². The van der Waals surface area contributed by atoms with E-state index in [0.29, 0.717) is 23.2 Å². The van der Waals surface area contributed by atoms with Crippen molar-refractivity contribution in [3.8, 4) is 0 Å². The highest BCUT2D eigenvalue weighted by Gasteiger charge is 2.33. The molecule has 1 fully saturated rings. The molecule has 0 N–H and O–H groups in total. The summed E-state index contributed by atoms with van der Waals surface area (Å²) in [6.45, 7) is 6.42. The Morgan fingerprint density at radius 2 is 2.10 bits per heavy atom. The largest absolute Gasteiger partial charge is 0.363 e. The number of nitrogens with zero attached hydrogens (tertiary/aromatic N) is 2. The van der Waals surface area contributed by atoms with Gasteiger partial charge in [0.1, 0.15) is 5.69 Å². The van der Waals surface area contributed by atoms with E-state index < -0.39 is 4.92 Å². The van der Waals surface area contributed by atoms with Crippen LogP contribution in [-0.4, -0.2) is 23.3 Å². The number of hydrogen-bond acceptors (Lipinski definition) is 4. The van der Waals surface area contributed by atoms with E-state index in [2.05, 4.69) is 18.7 Å². The van der Waals surface area contributed by atoms with Crippen molar-refractivity contribution in [1.29, 1.82) is 0 Å². The molecule has 0 saturated heterocycles. The maximum Gasteiger partial charge on any atom is 0.293 e. The van der Waals surface area contributed by atoms with Gasteiger partial charge in [-0.05, 0) is 37.8 Å². The Bertz CT molecular complexity index is 536. The molecular formula is C15H20N2O3. The fourth-order valence-corrected chi connectivity index (χ4v) is 2.36. The van der Waals surface area contributed by atoms with Crippen LogP contribution in [0.3, 0.4) is 0 Å². The zero-order valence-electron chi connectivity index (χ0n) is 12.1. The molecule has 5 heteroatoms. The lowest BCUT2D eigenvalue weighted by molar-refractivity contribution is -0.384. The summed E-state index contributed by atoms with van der Waals surface area (Å²) in [4.78, 5) is 24.4. The molecule has 20 heavy (non-hydrogen) atoms. The molecule has 0 radical (unpaired) electrons. The lowest BCUT2D eigenvalue weighted by Crippen LogP contribution is -2.30. The molecule has 1 aromatic carbocycles. The molecule has 0 aromatic heterocycles. The Morgan fingerprint density at radius 1 is 1.45 bits per heavy atom. The van der Waals surface area contributed by atoms with Crippen LogP contribution >= 0.6 is 0 Å². The first-order chi connectivity index (χ1) is 9.40. The highest BCUT2D eigenvalue weighted by atomic mass is 16.6. The summed E-state index contributed by atoms with van der Waals surface area (Å²) in [6, 6.07) is 5.20. The molecule has 0 spiro atoms. The smallest absolute Gasteiger partial charge is 0.293 e. The number of ketones is 1. The van der Waals surface area contributed by atoms with E-state index in [9.17, 15) is 14.9 Å². The van der Waals surface area contributed by atoms with Crippen molar-refractivity contribution < 1.29 is 9.72 Å². The minimum atomic E-state index is -0.391. The molecule has 0 bridgehead atoms. The van der Waals surface area contributed by atoms with Crippen LogP contribution in [0.4, 0.5) is 11.4 Å². The first-order valence-electron chi connectivity index (χ1n) is 6.96. The first-order valence-corrected chi connectivity index (χ1v) is 6.96. The third-order valence-corrected chi connectivity index (χ3v) is 3.44. The fourth-order valence-electron chi connectivity index (χ4n) is 2.36. The lowest BCUT2D eigenvalue weighted by atomic mass is 10.1. The van der Waals surface area contributed by atoms with Crippen LogP contribution in [0, 0.1) is 16.0 Å². The van der Waals surface area contributed by atoms with Gasteiger partial charge in [0.2, 0.25) is 0 Å². The number of carbonyl (C=O) groups excluding carboxylic acids is 1. The van der Waals surface area contributed by atoms with Gasteiger partial charge in [0.05, 0.1) is 4.92 Å². The van der Waals surface area contributed by atoms with Gasteiger partial charge in [-0.1, -0.05) is 13.8 Å². The van der Waals surface area contributed by atoms with Gasteiger partial charge in [0.25, 0.3) is 5.69 Å². The van der Waals surface area contributed by atoms with E-state index in [4.69, 9.17) is 0 Å². The molecule has 1 saturated carbocycles. The van der Waals surface area contributed by atoms with Crippen LogP contribution in [0.2, 0.25) is 0 Å². The van der Waals surface area contributed by atoms with Crippen molar-refractivity contribution in [1.82, 2.24) is 0 Å². The molecule has 0 heterocycles. The second-order valence-corrected chi connectivity index (χ2v) is 5.79. The number of nitro groups is 1.